The van der Waals surface area contributed by atoms with Crippen molar-refractivity contribution >= 4 is 32.7 Å². The molecule has 1 aromatic carbocycles. The second kappa shape index (κ2) is 10.5. The Labute approximate surface area is 194 Å². The quantitative estimate of drug-likeness (QED) is 0.0848. The highest BCUT2D eigenvalue weighted by Crippen LogP contribution is 2.32. The summed E-state index contributed by atoms with van der Waals surface area (Å²) < 4.78 is 41.6. The monoisotopic (exact) mass is 496 g/mol. The predicted octanol–water partition coefficient (Wildman–Crippen LogP) is -2.29. The van der Waals surface area contributed by atoms with E-state index in [2.05, 4.69) is 19.7 Å². The van der Waals surface area contributed by atoms with Gasteiger partial charge in [0.15, 0.2) is 5.84 Å². The number of aromatic nitrogens is 1. The number of hydrazine groups is 1. The number of hydrogen-bond donors (Lipinski definition) is 7. The number of hydrogen-bond acceptors (Lipinski definition) is 10. The minimum Gasteiger partial charge on any atom is -0.384 e. The summed E-state index contributed by atoms with van der Waals surface area (Å²) in [6, 6.07) is 6.06. The molecule has 0 spiro atoms. The van der Waals surface area contributed by atoms with E-state index in [-0.39, 0.29) is 28.2 Å². The lowest BCUT2D eigenvalue weighted by atomic mass is 10.0. The van der Waals surface area contributed by atoms with E-state index in [0.717, 1.165) is 19.5 Å². The van der Waals surface area contributed by atoms with Crippen LogP contribution >= 0.6 is 0 Å². The average molecular weight is 497 g/mol. The normalized spacial score (nSPS) is 18.4. The van der Waals surface area contributed by atoms with E-state index < -0.39 is 25.9 Å². The molecule has 13 nitrogen and oxygen atoms in total. The molecule has 0 saturated carbocycles. The standard InChI is InChI=1S/C18H28N10O3S2/c19-6-8-28-7-5-12(10-28)26-32(29)14-3-2-13(11-1-4-15(20)24-9-11)16(18(21)25-27-22)17(14)33(23,30)31/h1-4,9,12,26-27H,5-8,10,19,22H2,(H2,20,24)(H2,21,25)(H2,23,30,31). The molecule has 2 heterocycles. The van der Waals surface area contributed by atoms with Crippen LogP contribution in [0.15, 0.2) is 45.4 Å². The van der Waals surface area contributed by atoms with Crippen molar-refractivity contribution in [3.05, 3.63) is 36.0 Å². The maximum absolute atomic E-state index is 13.2. The molecular weight excluding hydrogens is 468 g/mol. The molecule has 1 fully saturated rings. The molecule has 1 aliphatic rings. The first kappa shape index (κ1) is 25.0. The van der Waals surface area contributed by atoms with Gasteiger partial charge in [0.25, 0.3) is 0 Å². The van der Waals surface area contributed by atoms with Gasteiger partial charge in [0.2, 0.25) is 10.0 Å². The van der Waals surface area contributed by atoms with Crippen LogP contribution in [0.3, 0.4) is 0 Å². The number of likely N-dealkylation sites (tertiary alicyclic amines) is 1. The van der Waals surface area contributed by atoms with Gasteiger partial charge in [-0.2, -0.15) is 0 Å². The van der Waals surface area contributed by atoms with Crippen molar-refractivity contribution in [1.82, 2.24) is 20.1 Å². The summed E-state index contributed by atoms with van der Waals surface area (Å²) in [6.07, 6.45) is 2.18. The Bertz CT molecular complexity index is 1150. The molecule has 15 heteroatoms. The number of pyridine rings is 1. The molecule has 2 aromatic rings. The van der Waals surface area contributed by atoms with Gasteiger partial charge in [-0.25, -0.2) is 38.8 Å². The highest BCUT2D eigenvalue weighted by molar-refractivity contribution is 7.90. The molecule has 0 radical (unpaired) electrons. The van der Waals surface area contributed by atoms with E-state index in [0.29, 0.717) is 24.2 Å². The Morgan fingerprint density at radius 1 is 1.30 bits per heavy atom. The lowest BCUT2D eigenvalue weighted by molar-refractivity contribution is 0.342. The van der Waals surface area contributed by atoms with Crippen LogP contribution in [0.25, 0.3) is 11.1 Å². The molecule has 1 saturated heterocycles. The van der Waals surface area contributed by atoms with Crippen LogP contribution in [-0.2, 0) is 21.0 Å². The van der Waals surface area contributed by atoms with Gasteiger partial charge >= 0.3 is 0 Å². The number of nitrogens with zero attached hydrogens (tertiary/aromatic N) is 3. The van der Waals surface area contributed by atoms with Gasteiger partial charge < -0.3 is 22.1 Å². The number of nitrogens with one attached hydrogen (secondary N) is 2. The molecule has 33 heavy (non-hydrogen) atoms. The van der Waals surface area contributed by atoms with Crippen molar-refractivity contribution < 1.29 is 12.6 Å². The first-order chi connectivity index (χ1) is 15.7. The molecule has 1 aliphatic heterocycles. The first-order valence-corrected chi connectivity index (χ1v) is 12.7. The number of nitrogen functional groups attached to an aromatic ring is 1. The lowest BCUT2D eigenvalue weighted by Gasteiger charge is -2.19. The molecule has 0 amide bonds. The summed E-state index contributed by atoms with van der Waals surface area (Å²) >= 11 is 0. The van der Waals surface area contributed by atoms with Gasteiger partial charge in [0, 0.05) is 43.0 Å². The molecule has 3 rings (SSSR count). The van der Waals surface area contributed by atoms with Crippen LogP contribution < -0.4 is 38.4 Å². The number of primary sulfonamides is 1. The van der Waals surface area contributed by atoms with Crippen molar-refractivity contribution in [2.45, 2.75) is 22.3 Å². The van der Waals surface area contributed by atoms with Crippen LogP contribution in [0.1, 0.15) is 12.0 Å². The molecule has 0 aliphatic carbocycles. The van der Waals surface area contributed by atoms with Crippen molar-refractivity contribution in [3.63, 3.8) is 0 Å². The van der Waals surface area contributed by atoms with Crippen LogP contribution in [0, 0.1) is 0 Å². The largest absolute Gasteiger partial charge is 0.384 e. The Morgan fingerprint density at radius 3 is 2.67 bits per heavy atom. The van der Waals surface area contributed by atoms with E-state index in [1.54, 1.807) is 18.2 Å². The summed E-state index contributed by atoms with van der Waals surface area (Å²) in [4.78, 5) is 5.70. The summed E-state index contributed by atoms with van der Waals surface area (Å²) in [5.74, 6) is 5.28. The van der Waals surface area contributed by atoms with Gasteiger partial charge in [-0.3, -0.25) is 0 Å². The molecule has 2 unspecified atom stereocenters. The maximum atomic E-state index is 13.2. The van der Waals surface area contributed by atoms with Crippen LogP contribution in [-0.4, -0.2) is 60.6 Å². The summed E-state index contributed by atoms with van der Waals surface area (Å²) in [6.45, 7) is 2.67. The van der Waals surface area contributed by atoms with Gasteiger partial charge in [-0.1, -0.05) is 6.07 Å². The zero-order chi connectivity index (χ0) is 24.2. The summed E-state index contributed by atoms with van der Waals surface area (Å²) in [7, 11) is -6.31. The maximum Gasteiger partial charge on any atom is 0.240 e. The van der Waals surface area contributed by atoms with E-state index in [4.69, 9.17) is 28.2 Å². The molecular formula is C18H28N10O3S2. The predicted molar refractivity (Wildman–Crippen MR) is 127 cm³/mol. The fourth-order valence-corrected chi connectivity index (χ4v) is 6.21. The number of hydrazone groups is 1. The fourth-order valence-electron chi connectivity index (χ4n) is 3.71. The Balaban J connectivity index is 2.11. The Kier molecular flexibility index (Phi) is 7.96. The van der Waals surface area contributed by atoms with Crippen molar-refractivity contribution in [3.8, 4) is 11.1 Å². The van der Waals surface area contributed by atoms with Gasteiger partial charge in [0.05, 0.1) is 4.90 Å². The minimum atomic E-state index is -4.40. The number of nitrogens with two attached hydrogens (primary N) is 5. The van der Waals surface area contributed by atoms with Crippen molar-refractivity contribution in [2.24, 2.45) is 27.6 Å². The van der Waals surface area contributed by atoms with Crippen LogP contribution in [0.2, 0.25) is 0 Å². The Morgan fingerprint density at radius 2 is 2.06 bits per heavy atom. The van der Waals surface area contributed by atoms with Crippen LogP contribution in [0.5, 0.6) is 0 Å². The number of anilines is 1. The molecule has 1 aromatic heterocycles. The lowest BCUT2D eigenvalue weighted by Crippen LogP contribution is -2.36. The highest BCUT2D eigenvalue weighted by atomic mass is 32.2. The second-order valence-electron chi connectivity index (χ2n) is 7.42. The molecule has 2 atom stereocenters. The summed E-state index contributed by atoms with van der Waals surface area (Å²) in [5.41, 5.74) is 20.2. The zero-order valence-corrected chi connectivity index (χ0v) is 19.4. The van der Waals surface area contributed by atoms with Crippen molar-refractivity contribution in [1.29, 1.82) is 0 Å². The third-order valence-electron chi connectivity index (χ3n) is 5.14. The molecule has 0 bridgehead atoms. The van der Waals surface area contributed by atoms with Gasteiger partial charge in [-0.05, 0) is 36.7 Å². The smallest absolute Gasteiger partial charge is 0.240 e. The topological polar surface area (TPSA) is 234 Å². The van der Waals surface area contributed by atoms with Crippen molar-refractivity contribution in [2.75, 3.05) is 31.9 Å². The second-order valence-corrected chi connectivity index (χ2v) is 10.1. The number of rotatable bonds is 9. The van der Waals surface area contributed by atoms with Gasteiger partial charge in [-0.15, -0.1) is 5.10 Å². The van der Waals surface area contributed by atoms with E-state index in [9.17, 15) is 12.6 Å². The van der Waals surface area contributed by atoms with E-state index in [1.807, 2.05) is 5.53 Å². The van der Waals surface area contributed by atoms with E-state index >= 15 is 0 Å². The summed E-state index contributed by atoms with van der Waals surface area (Å²) in [5, 5.41) is 9.29. The third-order valence-corrected chi connectivity index (χ3v) is 7.55. The number of amidine groups is 1. The number of sulfonamides is 1. The van der Waals surface area contributed by atoms with E-state index in [1.165, 1.54) is 12.3 Å². The van der Waals surface area contributed by atoms with Crippen LogP contribution in [0.4, 0.5) is 5.82 Å². The number of benzene rings is 1. The molecule has 180 valence electrons. The molecule has 12 N–H and O–H groups in total. The first-order valence-electron chi connectivity index (χ1n) is 9.97. The van der Waals surface area contributed by atoms with Gasteiger partial charge in [0.1, 0.15) is 21.7 Å². The highest BCUT2D eigenvalue weighted by Gasteiger charge is 2.30. The fraction of sp³-hybridized carbons (Fsp3) is 0.333. The Hall–Kier alpha value is -2.66. The minimum absolute atomic E-state index is 0.0490. The third kappa shape index (κ3) is 5.83. The SMILES string of the molecule is NCCN1CCC(NS(=O)c2ccc(-c3ccc(N)nc3)c(/C(N)=N/NN)c2S(N)(=O)=O)C1. The zero-order valence-electron chi connectivity index (χ0n) is 17.8. The average Bonchev–Trinajstić information content (AvgIpc) is 3.20.